The van der Waals surface area contributed by atoms with Crippen molar-refractivity contribution in [2.75, 3.05) is 71.4 Å². The van der Waals surface area contributed by atoms with Gasteiger partial charge < -0.3 is 132 Å². The van der Waals surface area contributed by atoms with Crippen molar-refractivity contribution in [3.8, 4) is 5.75 Å². The molecule has 0 aliphatic carbocycles. The molecule has 0 radical (unpaired) electrons. The van der Waals surface area contributed by atoms with Crippen molar-refractivity contribution in [2.24, 2.45) is 34.4 Å². The van der Waals surface area contributed by atoms with E-state index in [0.29, 0.717) is 43.1 Å². The van der Waals surface area contributed by atoms with Crippen LogP contribution in [-0.4, -0.2) is 314 Å². The summed E-state index contributed by atoms with van der Waals surface area (Å²) < 4.78 is 0.904. The zero-order valence-corrected chi connectivity index (χ0v) is 76.2. The van der Waals surface area contributed by atoms with Crippen LogP contribution in [0.1, 0.15) is 140 Å². The highest BCUT2D eigenvalue weighted by atomic mass is 32.2. The molecular weight excluding hydrogens is 1750 g/mol. The molecule has 3 saturated heterocycles. The van der Waals surface area contributed by atoms with Crippen molar-refractivity contribution in [1.82, 2.24) is 77.3 Å². The van der Waals surface area contributed by atoms with E-state index in [1.807, 2.05) is 67.8 Å². The van der Waals surface area contributed by atoms with Crippen molar-refractivity contribution < 1.29 is 102 Å². The fourth-order valence-electron chi connectivity index (χ4n) is 16.4. The van der Waals surface area contributed by atoms with Crippen LogP contribution < -0.4 is 82.3 Å². The number of aromatic hydroxyl groups is 1. The number of nitrogens with one attached hydrogen (secondary N) is 10. The number of likely N-dealkylation sites (tertiary alicyclic amines) is 3. The number of thioether (sulfide) groups is 1. The number of thiophene rings is 1. The molecule has 0 bridgehead atoms. The second kappa shape index (κ2) is 51.5. The number of nitrogens with two attached hydrogens (primary N) is 6. The van der Waals surface area contributed by atoms with E-state index in [2.05, 4.69) is 52.8 Å². The predicted molar refractivity (Wildman–Crippen MR) is 488 cm³/mol. The van der Waals surface area contributed by atoms with Gasteiger partial charge in [-0.05, 0) is 135 Å². The number of likely N-dealkylation sites (N-methyl/N-ethyl adjacent to an activating group) is 2. The van der Waals surface area contributed by atoms with Crippen LogP contribution in [0.4, 0.5) is 0 Å². The van der Waals surface area contributed by atoms with Gasteiger partial charge in [0.2, 0.25) is 94.5 Å². The molecule has 0 spiro atoms. The first-order valence-electron chi connectivity index (χ1n) is 44.3. The SMILES string of the molecule is CCCC[C@@H](C(=O)N(C)[C@@H](CCCC)C(=O)N[C@@H](CCCN)C(=O)N[C@@H](CSCC(=O)N[C@@H](Cc1ccc(O)cc1)C(=O)N1CCC[C@H]1C(=O)N[C@@H](CC(=O)O)C(=O)N1CCC[C@H]1C(=O)N[C@@H](CN)C(=O)N[C@@H](CCC(N)=O)C(=O)N1C[C@H](O)C[C@H]1C=O)C(=O)NCC(N)=O)N(C)C(=O)[C@H](Cc1csc2ccccc12)NC(=O)[C@H](CCN)NC(=O)[C@@H](N)Cc1c[nH]c2ccccc12. The van der Waals surface area contributed by atoms with E-state index < -0.39 is 229 Å². The Balaban J connectivity index is 0.942. The van der Waals surface area contributed by atoms with Gasteiger partial charge in [-0.25, -0.2) is 0 Å². The summed E-state index contributed by atoms with van der Waals surface area (Å²) in [6.07, 6.45) is 1.47. The van der Waals surface area contributed by atoms with Crippen LogP contribution in [0.15, 0.2) is 84.4 Å². The van der Waals surface area contributed by atoms with Gasteiger partial charge >= 0.3 is 5.97 Å². The lowest BCUT2D eigenvalue weighted by atomic mass is 9.99. The van der Waals surface area contributed by atoms with Crippen molar-refractivity contribution in [3.63, 3.8) is 0 Å². The molecule has 2 aromatic heterocycles. The summed E-state index contributed by atoms with van der Waals surface area (Å²) in [5.41, 5.74) is 38.0. The number of aromatic amines is 1. The number of rotatable bonds is 53. The number of aromatic nitrogens is 1. The number of hydrogen-bond acceptors (Lipinski definition) is 26. The third-order valence-electron chi connectivity index (χ3n) is 23.5. The minimum absolute atomic E-state index is 0.0143. The Hall–Kier alpha value is -12.2. The van der Waals surface area contributed by atoms with E-state index in [1.54, 1.807) is 6.20 Å². The van der Waals surface area contributed by atoms with Crippen molar-refractivity contribution in [3.05, 3.63) is 101 Å². The number of carbonyl (C=O) groups excluding carboxylic acids is 17. The Morgan fingerprint density at radius 1 is 0.568 bits per heavy atom. The van der Waals surface area contributed by atoms with Crippen LogP contribution in [0.5, 0.6) is 5.75 Å². The molecule has 3 aromatic carbocycles. The Kier molecular flexibility index (Phi) is 41.1. The number of phenols is 1. The minimum atomic E-state index is -1.86. The molecule has 44 heteroatoms. The standard InChI is InChI=1S/C88H125N21O21S2/c1-5-7-20-67(105(3)88(130)70(21-8-6-2)106(4)84(126)63(38-51-46-132-71-24-12-10-17-56(51)71)101-79(121)60(31-33-90)98-76(118)57(92)37-50-42-95-58-18-11-9-16-55(50)58)81(123)99-59(19-13-32-89)78(120)104-66(77(119)96-43-73(94)114)47-131-48-74(115)97-62(36-49-25-27-53(111)28-26-49)86(128)107-34-14-22-68(107)82(124)102-64(40-75(116)117)87(129)108-35-15-23-69(108)83(125)103-65(41-91)80(122)100-61(29-30-72(93)113)85(127)109-44-54(112)39-52(109)45-110/h9-12,16-18,24-28,42,45-46,52,54,57,59-70,95,111-112H,5-8,13-15,19-23,29-41,43-44,47-48,89-92H2,1-4H3,(H2,93,113)(H2,94,114)(H,96,119)(H,97,115)(H,98,118)(H,99,123)(H,100,122)(H,101,121)(H,102,124)(H,103,125)(H,104,120)(H,116,117)/t52-,54+,57-,59-,60-,61-,62-,63-,64-,65-,66-,67-,68-,69-,70-/m0/s1. The van der Waals surface area contributed by atoms with Crippen LogP contribution in [0, 0.1) is 0 Å². The second-order valence-electron chi connectivity index (χ2n) is 33.3. The Bertz CT molecular complexity index is 4900. The van der Waals surface area contributed by atoms with E-state index >= 15 is 14.4 Å². The number of fused-ring (bicyclic) bond motifs is 2. The highest BCUT2D eigenvalue weighted by Crippen LogP contribution is 2.30. The smallest absolute Gasteiger partial charge is 0.305 e. The molecule has 42 nitrogen and oxygen atoms in total. The maximum absolute atomic E-state index is 15.4. The van der Waals surface area contributed by atoms with Gasteiger partial charge in [-0.3, -0.25) is 81.5 Å². The summed E-state index contributed by atoms with van der Waals surface area (Å²) in [5, 5.41) is 57.5. The summed E-state index contributed by atoms with van der Waals surface area (Å²) >= 11 is 2.21. The minimum Gasteiger partial charge on any atom is -0.508 e. The molecule has 0 unspecified atom stereocenters. The van der Waals surface area contributed by atoms with E-state index in [0.717, 1.165) is 53.0 Å². The monoisotopic (exact) mass is 1880 g/mol. The highest BCUT2D eigenvalue weighted by molar-refractivity contribution is 8.00. The van der Waals surface area contributed by atoms with E-state index in [9.17, 15) is 87.2 Å². The third-order valence-corrected chi connectivity index (χ3v) is 25.6. The van der Waals surface area contributed by atoms with E-state index in [4.69, 9.17) is 34.4 Å². The number of carboxylic acid groups (broad SMARTS) is 1. The average molecular weight is 1880 g/mol. The van der Waals surface area contributed by atoms with Gasteiger partial charge in [0.25, 0.3) is 0 Å². The number of carbonyl (C=O) groups is 18. The number of aliphatic hydroxyl groups excluding tert-OH is 1. The fourth-order valence-corrected chi connectivity index (χ4v) is 18.2. The van der Waals surface area contributed by atoms with E-state index in [1.165, 1.54) is 59.5 Å². The largest absolute Gasteiger partial charge is 0.508 e. The molecule has 132 heavy (non-hydrogen) atoms. The number of aliphatic carboxylic acids is 1. The molecular formula is C88H125N21O21S2. The number of carboxylic acids is 1. The number of nitrogens with zero attached hydrogens (tertiary/aromatic N) is 5. The Morgan fingerprint density at radius 3 is 1.75 bits per heavy atom. The number of para-hydroxylation sites is 1. The molecule has 3 aliphatic rings. The van der Waals surface area contributed by atoms with Gasteiger partial charge in [-0.2, -0.15) is 0 Å². The van der Waals surface area contributed by atoms with Crippen LogP contribution in [-0.2, 0) is 106 Å². The molecule has 5 aromatic rings. The summed E-state index contributed by atoms with van der Waals surface area (Å²) in [5.74, 6) is -16.3. The van der Waals surface area contributed by atoms with Gasteiger partial charge in [0.1, 0.15) is 84.5 Å². The second-order valence-corrected chi connectivity index (χ2v) is 35.2. The highest BCUT2D eigenvalue weighted by Gasteiger charge is 2.46. The molecule has 720 valence electrons. The molecule has 0 saturated carbocycles. The number of aliphatic hydroxyl groups is 1. The van der Waals surface area contributed by atoms with Crippen molar-refractivity contribution in [2.45, 2.75) is 233 Å². The number of hydrogen-bond donors (Lipinski definition) is 19. The number of phenolic OH excluding ortho intramolecular Hbond substituents is 1. The molecule has 5 heterocycles. The molecule has 16 amide bonds. The van der Waals surface area contributed by atoms with Gasteiger partial charge in [-0.15, -0.1) is 23.1 Å². The molecule has 8 rings (SSSR count). The zero-order valence-electron chi connectivity index (χ0n) is 74.5. The van der Waals surface area contributed by atoms with Crippen molar-refractivity contribution >= 4 is 151 Å². The number of benzene rings is 3. The molecule has 25 N–H and O–H groups in total. The van der Waals surface area contributed by atoms with Gasteiger partial charge in [-0.1, -0.05) is 88.1 Å². The first kappa shape index (κ1) is 105. The number of aldehydes is 1. The fraction of sp³-hybridized carbons (Fsp3) is 0.545. The normalized spacial score (nSPS) is 17.8. The first-order chi connectivity index (χ1) is 63.0. The topological polar surface area (TPSA) is 664 Å². The number of unbranched alkanes of at least 4 members (excludes halogenated alkanes) is 2. The van der Waals surface area contributed by atoms with Crippen LogP contribution in [0.25, 0.3) is 21.0 Å². The number of primary amides is 2. The Morgan fingerprint density at radius 2 is 1.14 bits per heavy atom. The predicted octanol–water partition coefficient (Wildman–Crippen LogP) is -3.38. The van der Waals surface area contributed by atoms with Gasteiger partial charge in [0.15, 0.2) is 0 Å². The lowest BCUT2D eigenvalue weighted by molar-refractivity contribution is -0.149. The summed E-state index contributed by atoms with van der Waals surface area (Å²) in [4.78, 5) is 260. The lowest BCUT2D eigenvalue weighted by Gasteiger charge is -2.36. The Labute approximate surface area is 771 Å². The quantitative estimate of drug-likeness (QED) is 0.0169. The number of amides is 16. The third kappa shape index (κ3) is 29.6. The lowest BCUT2D eigenvalue weighted by Crippen LogP contribution is -2.61. The molecule has 3 aliphatic heterocycles. The average Bonchev–Trinajstić information content (AvgIpc) is 1.40. The van der Waals surface area contributed by atoms with Crippen LogP contribution >= 0.6 is 23.1 Å². The summed E-state index contributed by atoms with van der Waals surface area (Å²) in [6, 6.07) is 1.12. The zero-order chi connectivity index (χ0) is 96.6. The summed E-state index contributed by atoms with van der Waals surface area (Å²) in [6.45, 7) is 1.96. The molecule has 15 atom stereocenters. The van der Waals surface area contributed by atoms with Gasteiger partial charge in [0, 0.05) is 93.5 Å². The number of β-amino-alcohol motifs (C(OH)–C–C–N with tert-alkyl or cyclic N) is 1. The van der Waals surface area contributed by atoms with Gasteiger partial charge in [0.05, 0.1) is 36.9 Å². The van der Waals surface area contributed by atoms with Crippen molar-refractivity contribution in [1.29, 1.82) is 0 Å². The summed E-state index contributed by atoms with van der Waals surface area (Å²) in [7, 11) is 2.83. The molecule has 3 fully saturated rings. The van der Waals surface area contributed by atoms with Crippen LogP contribution in [0.2, 0.25) is 0 Å². The first-order valence-corrected chi connectivity index (χ1v) is 46.4. The van der Waals surface area contributed by atoms with Crippen LogP contribution in [0.3, 0.4) is 0 Å². The maximum Gasteiger partial charge on any atom is 0.305 e. The number of H-pyrrole nitrogens is 1. The maximum atomic E-state index is 15.4. The van der Waals surface area contributed by atoms with E-state index in [-0.39, 0.29) is 128 Å².